The molecule has 3 aromatic heterocycles. The number of nitrogens with zero attached hydrogens (tertiary/aromatic N) is 8. The number of rotatable bonds is 4. The monoisotopic (exact) mass is 326 g/mol. The van der Waals surface area contributed by atoms with Crippen LogP contribution in [0.25, 0.3) is 5.95 Å². The van der Waals surface area contributed by atoms with Crippen LogP contribution in [0.15, 0.2) is 22.2 Å². The smallest absolute Gasteiger partial charge is 0.223 e. The molecule has 3 aromatic rings. The molecule has 0 unspecified atom stereocenters. The van der Waals surface area contributed by atoms with Crippen molar-refractivity contribution in [3.05, 3.63) is 23.8 Å². The lowest BCUT2D eigenvalue weighted by Gasteiger charge is -2.01. The van der Waals surface area contributed by atoms with Crippen molar-refractivity contribution in [2.24, 2.45) is 0 Å². The third-order valence-corrected chi connectivity index (χ3v) is 3.97. The Hall–Kier alpha value is -1.65. The Kier molecular flexibility index (Phi) is 3.85. The first kappa shape index (κ1) is 13.3. The van der Waals surface area contributed by atoms with Gasteiger partial charge in [-0.2, -0.15) is 29.1 Å². The summed E-state index contributed by atoms with van der Waals surface area (Å²) in [5.74, 6) is 1.11. The predicted octanol–water partition coefficient (Wildman–Crippen LogP) is 1.67. The van der Waals surface area contributed by atoms with E-state index in [4.69, 9.17) is 11.6 Å². The Balaban J connectivity index is 1.90. The van der Waals surface area contributed by atoms with E-state index in [1.54, 1.807) is 0 Å². The molecule has 0 saturated carbocycles. The minimum absolute atomic E-state index is 0.0910. The van der Waals surface area contributed by atoms with Gasteiger partial charge < -0.3 is 0 Å². The first-order valence-corrected chi connectivity index (χ1v) is 7.48. The summed E-state index contributed by atoms with van der Waals surface area (Å²) in [4.78, 5) is 20.5. The van der Waals surface area contributed by atoms with Crippen molar-refractivity contribution >= 4 is 34.9 Å². The summed E-state index contributed by atoms with van der Waals surface area (Å²) in [6.45, 7) is 2.00. The molecule has 0 atom stereocenters. The minimum atomic E-state index is 0.0910. The summed E-state index contributed by atoms with van der Waals surface area (Å²) in [7, 11) is 0. The third-order valence-electron chi connectivity index (χ3n) is 2.14. The van der Waals surface area contributed by atoms with Crippen molar-refractivity contribution in [1.82, 2.24) is 39.1 Å². The van der Waals surface area contributed by atoms with Crippen LogP contribution >= 0.6 is 34.9 Å². The lowest BCUT2D eigenvalue weighted by Crippen LogP contribution is -2.04. The molecule has 0 aliphatic heterocycles. The molecule has 0 spiro atoms. The van der Waals surface area contributed by atoms with E-state index < -0.39 is 0 Å². The zero-order valence-electron chi connectivity index (χ0n) is 10.1. The van der Waals surface area contributed by atoms with Crippen LogP contribution in [-0.2, 0) is 6.42 Å². The molecule has 0 bridgehead atoms. The van der Waals surface area contributed by atoms with Gasteiger partial charge in [-0.3, -0.25) is 0 Å². The van der Waals surface area contributed by atoms with Crippen LogP contribution in [0.4, 0.5) is 0 Å². The second kappa shape index (κ2) is 5.77. The molecule has 20 heavy (non-hydrogen) atoms. The van der Waals surface area contributed by atoms with E-state index in [0.717, 1.165) is 16.6 Å². The van der Waals surface area contributed by atoms with Gasteiger partial charge >= 0.3 is 0 Å². The quantitative estimate of drug-likeness (QED) is 0.714. The summed E-state index contributed by atoms with van der Waals surface area (Å²) in [5.41, 5.74) is 0. The number of aromatic nitrogens is 8. The molecular weight excluding hydrogens is 320 g/mol. The first-order chi connectivity index (χ1) is 9.74. The van der Waals surface area contributed by atoms with E-state index in [1.165, 1.54) is 40.6 Å². The largest absolute Gasteiger partial charge is 0.257 e. The van der Waals surface area contributed by atoms with Crippen molar-refractivity contribution in [3.8, 4) is 5.95 Å². The lowest BCUT2D eigenvalue weighted by molar-refractivity contribution is 0.757. The summed E-state index contributed by atoms with van der Waals surface area (Å²) in [6.07, 6.45) is 3.67. The van der Waals surface area contributed by atoms with Gasteiger partial charge in [0.15, 0.2) is 4.34 Å². The topological polar surface area (TPSA) is 95.2 Å². The third kappa shape index (κ3) is 2.92. The second-order valence-corrected chi connectivity index (χ2v) is 5.76. The Morgan fingerprint density at radius 2 is 2.20 bits per heavy atom. The average molecular weight is 327 g/mol. The summed E-state index contributed by atoms with van der Waals surface area (Å²) < 4.78 is 6.37. The molecule has 0 saturated heterocycles. The van der Waals surface area contributed by atoms with Crippen molar-refractivity contribution in [2.45, 2.75) is 22.8 Å². The van der Waals surface area contributed by atoms with Gasteiger partial charge in [-0.1, -0.05) is 6.92 Å². The standard InChI is InChI=1S/C9H7ClN8S2/c1-2-5-13-9(20-17-5)19-8-15-6(10)14-7(16-8)18-4-11-3-12-18/h3-4H,2H2,1H3. The number of hydrogen-bond donors (Lipinski definition) is 0. The highest BCUT2D eigenvalue weighted by atomic mass is 35.5. The fourth-order valence-corrected chi connectivity index (χ4v) is 3.04. The van der Waals surface area contributed by atoms with Crippen LogP contribution in [0.5, 0.6) is 0 Å². The molecule has 102 valence electrons. The zero-order chi connectivity index (χ0) is 13.9. The molecule has 0 aliphatic carbocycles. The predicted molar refractivity (Wildman–Crippen MR) is 73.2 cm³/mol. The van der Waals surface area contributed by atoms with Gasteiger partial charge in [-0.25, -0.2) is 9.97 Å². The molecule has 8 nitrogen and oxygen atoms in total. The maximum atomic E-state index is 5.90. The van der Waals surface area contributed by atoms with Gasteiger partial charge in [-0.15, -0.1) is 0 Å². The number of halogens is 1. The maximum absolute atomic E-state index is 5.90. The fourth-order valence-electron chi connectivity index (χ4n) is 1.28. The van der Waals surface area contributed by atoms with E-state index in [-0.39, 0.29) is 5.28 Å². The summed E-state index contributed by atoms with van der Waals surface area (Å²) >= 11 is 8.48. The van der Waals surface area contributed by atoms with Crippen LogP contribution in [0.2, 0.25) is 5.28 Å². The summed E-state index contributed by atoms with van der Waals surface area (Å²) in [5, 5.41) is 4.48. The molecule has 0 aromatic carbocycles. The van der Waals surface area contributed by atoms with Crippen molar-refractivity contribution in [1.29, 1.82) is 0 Å². The molecule has 3 heterocycles. The van der Waals surface area contributed by atoms with Crippen LogP contribution in [0.1, 0.15) is 12.7 Å². The fraction of sp³-hybridized carbons (Fsp3) is 0.222. The molecule has 0 N–H and O–H groups in total. The summed E-state index contributed by atoms with van der Waals surface area (Å²) in [6, 6.07) is 0. The molecular formula is C9H7ClN8S2. The molecule has 0 amide bonds. The Morgan fingerprint density at radius 1 is 1.30 bits per heavy atom. The normalized spacial score (nSPS) is 10.9. The zero-order valence-corrected chi connectivity index (χ0v) is 12.5. The van der Waals surface area contributed by atoms with Crippen LogP contribution in [0.3, 0.4) is 0 Å². The molecule has 11 heteroatoms. The minimum Gasteiger partial charge on any atom is -0.223 e. The van der Waals surface area contributed by atoms with Gasteiger partial charge in [0, 0.05) is 6.42 Å². The van der Waals surface area contributed by atoms with E-state index >= 15 is 0 Å². The number of hydrogen-bond acceptors (Lipinski definition) is 9. The van der Waals surface area contributed by atoms with Gasteiger partial charge in [0.2, 0.25) is 10.4 Å². The van der Waals surface area contributed by atoms with Gasteiger partial charge in [0.1, 0.15) is 18.5 Å². The van der Waals surface area contributed by atoms with E-state index in [2.05, 4.69) is 34.4 Å². The Morgan fingerprint density at radius 3 is 2.90 bits per heavy atom. The van der Waals surface area contributed by atoms with E-state index in [0.29, 0.717) is 11.1 Å². The van der Waals surface area contributed by atoms with E-state index in [9.17, 15) is 0 Å². The van der Waals surface area contributed by atoms with Crippen molar-refractivity contribution in [3.63, 3.8) is 0 Å². The van der Waals surface area contributed by atoms with Crippen molar-refractivity contribution < 1.29 is 0 Å². The molecule has 0 fully saturated rings. The lowest BCUT2D eigenvalue weighted by atomic mass is 10.5. The Labute approximate surface area is 126 Å². The molecule has 0 radical (unpaired) electrons. The van der Waals surface area contributed by atoms with Crippen LogP contribution < -0.4 is 0 Å². The highest BCUT2D eigenvalue weighted by molar-refractivity contribution is 8.00. The SMILES string of the molecule is CCc1nsc(Sc2nc(Cl)nc(-n3cncn3)n2)n1. The average Bonchev–Trinajstić information content (AvgIpc) is 3.09. The maximum Gasteiger partial charge on any atom is 0.257 e. The van der Waals surface area contributed by atoms with Crippen LogP contribution in [-0.4, -0.2) is 39.1 Å². The Bertz CT molecular complexity index is 713. The van der Waals surface area contributed by atoms with Gasteiger partial charge in [-0.05, 0) is 34.9 Å². The van der Waals surface area contributed by atoms with Gasteiger partial charge in [0.05, 0.1) is 0 Å². The molecule has 3 rings (SSSR count). The second-order valence-electron chi connectivity index (χ2n) is 3.46. The first-order valence-electron chi connectivity index (χ1n) is 5.51. The van der Waals surface area contributed by atoms with Gasteiger partial charge in [0.25, 0.3) is 5.95 Å². The van der Waals surface area contributed by atoms with E-state index in [1.807, 2.05) is 6.92 Å². The van der Waals surface area contributed by atoms with Crippen molar-refractivity contribution in [2.75, 3.05) is 0 Å². The molecule has 0 aliphatic rings. The van der Waals surface area contributed by atoms with Crippen LogP contribution in [0, 0.1) is 0 Å². The highest BCUT2D eigenvalue weighted by Crippen LogP contribution is 2.27. The number of aryl methyl sites for hydroxylation is 1. The highest BCUT2D eigenvalue weighted by Gasteiger charge is 2.11.